The van der Waals surface area contributed by atoms with Crippen LogP contribution in [0, 0.1) is 11.3 Å². The molecule has 0 N–H and O–H groups in total. The van der Waals surface area contributed by atoms with Gasteiger partial charge in [0.1, 0.15) is 5.75 Å². The lowest BCUT2D eigenvalue weighted by molar-refractivity contribution is 0.605. The Bertz CT molecular complexity index is 306. The Morgan fingerprint density at radius 1 is 1.73 bits per heavy atom. The first-order chi connectivity index (χ1) is 5.04. The number of allylic oxidation sites excluding steroid dienone is 3. The summed E-state index contributed by atoms with van der Waals surface area (Å²) in [4.78, 5) is 0.175. The first-order valence-corrected chi connectivity index (χ1v) is 4.59. The zero-order valence-electron chi connectivity index (χ0n) is 6.24. The second-order valence-electron chi connectivity index (χ2n) is 1.93. The number of sulfone groups is 1. The van der Waals surface area contributed by atoms with Gasteiger partial charge in [-0.05, 0) is 13.0 Å². The monoisotopic (exact) mass is 171 g/mol. The predicted molar refractivity (Wildman–Crippen MR) is 43.4 cm³/mol. The van der Waals surface area contributed by atoms with Gasteiger partial charge in [-0.2, -0.15) is 5.26 Å². The molecule has 0 aliphatic rings. The number of rotatable bonds is 3. The average molecular weight is 171 g/mol. The van der Waals surface area contributed by atoms with Crippen molar-refractivity contribution in [1.29, 1.82) is 5.26 Å². The molecule has 0 spiro atoms. The standard InChI is InChI=1S/C7H9NO2S/c1-3-4-7(2)11(9,10)6-5-8/h3-4H,1,6H2,2H3/b7-4+. The summed E-state index contributed by atoms with van der Waals surface area (Å²) in [6.07, 6.45) is 2.75. The molecule has 0 aromatic heterocycles. The van der Waals surface area contributed by atoms with Crippen LogP contribution in [0.3, 0.4) is 0 Å². The van der Waals surface area contributed by atoms with E-state index in [0.717, 1.165) is 0 Å². The van der Waals surface area contributed by atoms with Crippen LogP contribution in [-0.4, -0.2) is 14.2 Å². The third kappa shape index (κ3) is 3.01. The number of nitriles is 1. The molecule has 0 heterocycles. The van der Waals surface area contributed by atoms with E-state index in [0.29, 0.717) is 0 Å². The molecule has 0 rings (SSSR count). The first-order valence-electron chi connectivity index (χ1n) is 2.93. The Labute approximate surface area is 66.6 Å². The predicted octanol–water partition coefficient (Wildman–Crippen LogP) is 1.01. The van der Waals surface area contributed by atoms with Crippen molar-refractivity contribution < 1.29 is 8.42 Å². The topological polar surface area (TPSA) is 57.9 Å². The molecule has 0 unspecified atom stereocenters. The van der Waals surface area contributed by atoms with E-state index in [4.69, 9.17) is 5.26 Å². The third-order valence-electron chi connectivity index (χ3n) is 1.10. The summed E-state index contributed by atoms with van der Waals surface area (Å²) in [5.74, 6) is -0.469. The van der Waals surface area contributed by atoms with E-state index >= 15 is 0 Å². The van der Waals surface area contributed by atoms with E-state index in [9.17, 15) is 8.42 Å². The van der Waals surface area contributed by atoms with Crippen LogP contribution in [0.4, 0.5) is 0 Å². The van der Waals surface area contributed by atoms with Gasteiger partial charge in [-0.3, -0.25) is 0 Å². The van der Waals surface area contributed by atoms with Crippen molar-refractivity contribution in [2.45, 2.75) is 6.92 Å². The number of hydrogen-bond acceptors (Lipinski definition) is 3. The second-order valence-corrected chi connectivity index (χ2v) is 4.09. The summed E-state index contributed by atoms with van der Waals surface area (Å²) in [7, 11) is -3.34. The van der Waals surface area contributed by atoms with Crippen molar-refractivity contribution in [2.75, 3.05) is 5.75 Å². The summed E-state index contributed by atoms with van der Waals surface area (Å²) < 4.78 is 22.0. The fraction of sp³-hybridized carbons (Fsp3) is 0.286. The Kier molecular flexibility index (Phi) is 3.55. The zero-order chi connectivity index (χ0) is 8.91. The van der Waals surface area contributed by atoms with E-state index in [1.165, 1.54) is 19.1 Å². The Hall–Kier alpha value is -1.08. The molecule has 60 valence electrons. The fourth-order valence-electron chi connectivity index (χ4n) is 0.468. The Balaban J connectivity index is 4.74. The van der Waals surface area contributed by atoms with Crippen LogP contribution in [0.25, 0.3) is 0 Å². The average Bonchev–Trinajstić information content (AvgIpc) is 1.88. The zero-order valence-corrected chi connectivity index (χ0v) is 7.06. The highest BCUT2D eigenvalue weighted by Gasteiger charge is 2.10. The van der Waals surface area contributed by atoms with Gasteiger partial charge in [0.2, 0.25) is 0 Å². The van der Waals surface area contributed by atoms with Crippen molar-refractivity contribution in [2.24, 2.45) is 0 Å². The molecule has 0 atom stereocenters. The van der Waals surface area contributed by atoms with Crippen LogP contribution in [-0.2, 0) is 9.84 Å². The Morgan fingerprint density at radius 2 is 2.27 bits per heavy atom. The summed E-state index contributed by atoms with van der Waals surface area (Å²) in [6.45, 7) is 4.79. The summed E-state index contributed by atoms with van der Waals surface area (Å²) >= 11 is 0. The van der Waals surface area contributed by atoms with E-state index < -0.39 is 15.6 Å². The molecule has 0 aliphatic carbocycles. The molecule has 0 bridgehead atoms. The van der Waals surface area contributed by atoms with Crippen LogP contribution in [0.1, 0.15) is 6.92 Å². The molecule has 3 nitrogen and oxygen atoms in total. The summed E-state index contributed by atoms with van der Waals surface area (Å²) in [5, 5.41) is 8.14. The molecular weight excluding hydrogens is 162 g/mol. The normalized spacial score (nSPS) is 12.2. The quantitative estimate of drug-likeness (QED) is 0.595. The van der Waals surface area contributed by atoms with E-state index in [1.807, 2.05) is 0 Å². The molecule has 0 radical (unpaired) electrons. The molecule has 0 aromatic rings. The fourth-order valence-corrected chi connectivity index (χ4v) is 1.17. The van der Waals surface area contributed by atoms with Gasteiger partial charge >= 0.3 is 0 Å². The third-order valence-corrected chi connectivity index (χ3v) is 2.72. The minimum Gasteiger partial charge on any atom is -0.223 e. The lowest BCUT2D eigenvalue weighted by atomic mass is 10.5. The van der Waals surface area contributed by atoms with E-state index in [2.05, 4.69) is 6.58 Å². The SMILES string of the molecule is C=C/C=C(\C)S(=O)(=O)CC#N. The highest BCUT2D eigenvalue weighted by molar-refractivity contribution is 7.95. The van der Waals surface area contributed by atoms with Crippen molar-refractivity contribution in [3.05, 3.63) is 23.6 Å². The minimum atomic E-state index is -3.34. The molecule has 0 fully saturated rings. The maximum absolute atomic E-state index is 11.0. The molecule has 0 aromatic carbocycles. The Morgan fingerprint density at radius 3 is 2.64 bits per heavy atom. The highest BCUT2D eigenvalue weighted by atomic mass is 32.2. The molecule has 0 aliphatic heterocycles. The number of nitrogens with zero attached hydrogens (tertiary/aromatic N) is 1. The van der Waals surface area contributed by atoms with Gasteiger partial charge in [-0.1, -0.05) is 12.7 Å². The lowest BCUT2D eigenvalue weighted by Crippen LogP contribution is -2.04. The van der Waals surface area contributed by atoms with Gasteiger partial charge in [0.25, 0.3) is 0 Å². The minimum absolute atomic E-state index is 0.175. The van der Waals surface area contributed by atoms with Crippen LogP contribution < -0.4 is 0 Å². The van der Waals surface area contributed by atoms with Gasteiger partial charge < -0.3 is 0 Å². The van der Waals surface area contributed by atoms with Crippen molar-refractivity contribution in [3.63, 3.8) is 0 Å². The lowest BCUT2D eigenvalue weighted by Gasteiger charge is -1.95. The van der Waals surface area contributed by atoms with E-state index in [-0.39, 0.29) is 4.91 Å². The second kappa shape index (κ2) is 3.94. The van der Waals surface area contributed by atoms with Crippen LogP contribution in [0.15, 0.2) is 23.6 Å². The molecule has 0 saturated heterocycles. The van der Waals surface area contributed by atoms with Crippen molar-refractivity contribution in [3.8, 4) is 6.07 Å². The van der Waals surface area contributed by atoms with Gasteiger partial charge in [0.05, 0.1) is 6.07 Å². The largest absolute Gasteiger partial charge is 0.223 e. The molecular formula is C7H9NO2S. The summed E-state index contributed by atoms with van der Waals surface area (Å²) in [5.41, 5.74) is 0. The van der Waals surface area contributed by atoms with Gasteiger partial charge in [-0.25, -0.2) is 8.42 Å². The highest BCUT2D eigenvalue weighted by Crippen LogP contribution is 2.05. The van der Waals surface area contributed by atoms with Crippen LogP contribution >= 0.6 is 0 Å². The van der Waals surface area contributed by atoms with Crippen LogP contribution in [0.2, 0.25) is 0 Å². The molecule has 4 heteroatoms. The maximum Gasteiger partial charge on any atom is 0.187 e. The smallest absolute Gasteiger partial charge is 0.187 e. The van der Waals surface area contributed by atoms with Crippen LogP contribution in [0.5, 0.6) is 0 Å². The maximum atomic E-state index is 11.0. The number of hydrogen-bond donors (Lipinski definition) is 0. The molecule has 11 heavy (non-hydrogen) atoms. The van der Waals surface area contributed by atoms with Crippen molar-refractivity contribution in [1.82, 2.24) is 0 Å². The van der Waals surface area contributed by atoms with E-state index in [1.54, 1.807) is 6.07 Å². The van der Waals surface area contributed by atoms with Gasteiger partial charge in [-0.15, -0.1) is 0 Å². The molecule has 0 saturated carbocycles. The summed E-state index contributed by atoms with van der Waals surface area (Å²) in [6, 6.07) is 1.58. The van der Waals surface area contributed by atoms with Gasteiger partial charge in [0, 0.05) is 4.91 Å². The van der Waals surface area contributed by atoms with Crippen molar-refractivity contribution >= 4 is 9.84 Å². The van der Waals surface area contributed by atoms with Gasteiger partial charge in [0.15, 0.2) is 9.84 Å². The first kappa shape index (κ1) is 9.92. The molecule has 0 amide bonds.